The zero-order valence-electron chi connectivity index (χ0n) is 28.4. The monoisotopic (exact) mass is 689 g/mol. The van der Waals surface area contributed by atoms with Crippen LogP contribution in [0.5, 0.6) is 5.75 Å². The van der Waals surface area contributed by atoms with Crippen molar-refractivity contribution in [3.8, 4) is 16.9 Å². The Labute approximate surface area is 294 Å². The van der Waals surface area contributed by atoms with Gasteiger partial charge in [0.25, 0.3) is 0 Å². The molecule has 4 aromatic rings. The molecule has 0 saturated carbocycles. The molecule has 3 N–H and O–H groups in total. The van der Waals surface area contributed by atoms with Crippen LogP contribution in [-0.4, -0.2) is 35.6 Å². The minimum absolute atomic E-state index is 0.00725. The molecule has 5 nitrogen and oxygen atoms in total. The number of carbonyl (C=O) groups excluding carboxylic acids is 1. The number of piperidine rings is 1. The quantitative estimate of drug-likeness (QED) is 0.139. The average Bonchev–Trinajstić information content (AvgIpc) is 3.02. The molecule has 1 aliphatic rings. The van der Waals surface area contributed by atoms with E-state index in [9.17, 15) is 4.79 Å². The van der Waals surface area contributed by atoms with Crippen LogP contribution in [0, 0.1) is 5.82 Å². The van der Waals surface area contributed by atoms with E-state index in [-0.39, 0.29) is 35.5 Å². The van der Waals surface area contributed by atoms with Gasteiger partial charge in [-0.1, -0.05) is 83.9 Å². The summed E-state index contributed by atoms with van der Waals surface area (Å²) in [6, 6.07) is 27.9. The molecular formula is C40H46Cl2FN3O2. The van der Waals surface area contributed by atoms with Crippen LogP contribution in [0.3, 0.4) is 0 Å². The number of hydrogen-bond donors (Lipinski definition) is 3. The highest BCUT2D eigenvalue weighted by atomic mass is 35.5. The third-order valence-electron chi connectivity index (χ3n) is 9.01. The maximum absolute atomic E-state index is 15.2. The van der Waals surface area contributed by atoms with Gasteiger partial charge < -0.3 is 20.7 Å². The van der Waals surface area contributed by atoms with E-state index in [1.807, 2.05) is 67.6 Å². The van der Waals surface area contributed by atoms with Gasteiger partial charge in [-0.2, -0.15) is 0 Å². The van der Waals surface area contributed by atoms with Crippen molar-refractivity contribution in [3.63, 3.8) is 0 Å². The number of nitrogens with one attached hydrogen (secondary N) is 3. The fraction of sp³-hybridized carbons (Fsp3) is 0.375. The maximum Gasteiger partial charge on any atom is 0.227 e. The third kappa shape index (κ3) is 9.60. The zero-order chi connectivity index (χ0) is 34.5. The SMILES string of the molecule is CC(C(=O)NC(CNC1CC(C)(C)NC(C)(C)C1)Cc1ccc(OCc2c(Cl)cccc2Cl)cc1)c1ccc(-c2ccccc2)c(F)c1. The summed E-state index contributed by atoms with van der Waals surface area (Å²) in [4.78, 5) is 13.7. The molecule has 1 fully saturated rings. The summed E-state index contributed by atoms with van der Waals surface area (Å²) < 4.78 is 21.2. The molecule has 4 aromatic carbocycles. The molecule has 0 aliphatic carbocycles. The Morgan fingerprint density at radius 3 is 2.19 bits per heavy atom. The number of ether oxygens (including phenoxy) is 1. The van der Waals surface area contributed by atoms with Crippen molar-refractivity contribution in [2.75, 3.05) is 6.54 Å². The van der Waals surface area contributed by atoms with Crippen molar-refractivity contribution in [1.82, 2.24) is 16.0 Å². The Morgan fingerprint density at radius 2 is 1.56 bits per heavy atom. The van der Waals surface area contributed by atoms with Crippen LogP contribution in [0.1, 0.15) is 70.1 Å². The molecule has 2 unspecified atom stereocenters. The molecule has 0 bridgehead atoms. The van der Waals surface area contributed by atoms with Crippen molar-refractivity contribution in [2.45, 2.75) is 89.6 Å². The third-order valence-corrected chi connectivity index (χ3v) is 9.72. The normalized spacial score (nSPS) is 17.0. The van der Waals surface area contributed by atoms with Crippen LogP contribution in [-0.2, 0) is 17.8 Å². The first kappa shape index (κ1) is 35.9. The lowest BCUT2D eigenvalue weighted by Crippen LogP contribution is -2.62. The first-order valence-electron chi connectivity index (χ1n) is 16.6. The van der Waals surface area contributed by atoms with Crippen LogP contribution in [0.4, 0.5) is 4.39 Å². The van der Waals surface area contributed by atoms with E-state index in [0.717, 1.165) is 29.5 Å². The van der Waals surface area contributed by atoms with Gasteiger partial charge in [-0.05, 0) is 101 Å². The standard InChI is InChI=1S/C40H46Cl2FN3O2/c1-26(29-16-19-33(37(43)21-29)28-10-7-6-8-11-28)38(47)45-30(24-44-31-22-39(2,3)46-40(4,5)23-31)20-27-14-17-32(18-15-27)48-25-34-35(41)12-9-13-36(34)42/h6-19,21,26,30-31,44,46H,20,22-25H2,1-5H3,(H,45,47). The van der Waals surface area contributed by atoms with E-state index in [2.05, 4.69) is 43.6 Å². The van der Waals surface area contributed by atoms with E-state index in [1.54, 1.807) is 24.3 Å². The topological polar surface area (TPSA) is 62.4 Å². The van der Waals surface area contributed by atoms with Crippen LogP contribution < -0.4 is 20.7 Å². The van der Waals surface area contributed by atoms with Crippen molar-refractivity contribution < 1.29 is 13.9 Å². The zero-order valence-corrected chi connectivity index (χ0v) is 29.9. The van der Waals surface area contributed by atoms with Crippen LogP contribution in [0.25, 0.3) is 11.1 Å². The summed E-state index contributed by atoms with van der Waals surface area (Å²) in [5.74, 6) is -0.318. The summed E-state index contributed by atoms with van der Waals surface area (Å²) in [7, 11) is 0. The molecule has 0 aromatic heterocycles. The van der Waals surface area contributed by atoms with Crippen molar-refractivity contribution in [1.29, 1.82) is 0 Å². The first-order valence-corrected chi connectivity index (χ1v) is 17.4. The second-order valence-electron chi connectivity index (χ2n) is 14.3. The Hall–Kier alpha value is -3.42. The fourth-order valence-electron chi connectivity index (χ4n) is 6.91. The van der Waals surface area contributed by atoms with E-state index in [4.69, 9.17) is 27.9 Å². The fourth-order valence-corrected chi connectivity index (χ4v) is 7.42. The summed E-state index contributed by atoms with van der Waals surface area (Å²) >= 11 is 12.6. The van der Waals surface area contributed by atoms with Gasteiger partial charge in [0.1, 0.15) is 18.2 Å². The van der Waals surface area contributed by atoms with Gasteiger partial charge in [0.15, 0.2) is 0 Å². The van der Waals surface area contributed by atoms with E-state index in [0.29, 0.717) is 45.9 Å². The van der Waals surface area contributed by atoms with Crippen LogP contribution in [0.15, 0.2) is 91.0 Å². The van der Waals surface area contributed by atoms with E-state index in [1.165, 1.54) is 6.07 Å². The molecule has 254 valence electrons. The predicted molar refractivity (Wildman–Crippen MR) is 195 cm³/mol. The number of amides is 1. The van der Waals surface area contributed by atoms with Gasteiger partial charge in [-0.15, -0.1) is 0 Å². The maximum atomic E-state index is 15.2. The minimum Gasteiger partial charge on any atom is -0.489 e. The number of halogens is 3. The molecule has 0 radical (unpaired) electrons. The van der Waals surface area contributed by atoms with Crippen LogP contribution >= 0.6 is 23.2 Å². The van der Waals surface area contributed by atoms with Gasteiger partial charge in [-0.25, -0.2) is 4.39 Å². The first-order chi connectivity index (χ1) is 22.8. The number of carbonyl (C=O) groups is 1. The second-order valence-corrected chi connectivity index (χ2v) is 15.1. The highest BCUT2D eigenvalue weighted by Crippen LogP contribution is 2.30. The molecule has 5 rings (SSSR count). The molecule has 1 heterocycles. The smallest absolute Gasteiger partial charge is 0.227 e. The number of hydrogen-bond acceptors (Lipinski definition) is 4. The molecule has 1 aliphatic heterocycles. The van der Waals surface area contributed by atoms with E-state index < -0.39 is 5.92 Å². The molecular weight excluding hydrogens is 644 g/mol. The molecule has 48 heavy (non-hydrogen) atoms. The lowest BCUT2D eigenvalue weighted by atomic mass is 9.79. The Morgan fingerprint density at radius 1 is 0.917 bits per heavy atom. The summed E-state index contributed by atoms with van der Waals surface area (Å²) in [5.41, 5.74) is 3.74. The predicted octanol–water partition coefficient (Wildman–Crippen LogP) is 9.11. The van der Waals surface area contributed by atoms with Crippen molar-refractivity contribution in [3.05, 3.63) is 124 Å². The Balaban J connectivity index is 1.28. The highest BCUT2D eigenvalue weighted by molar-refractivity contribution is 6.35. The summed E-state index contributed by atoms with van der Waals surface area (Å²) in [5, 5.41) is 11.9. The number of rotatable bonds is 12. The molecule has 1 amide bonds. The Kier molecular flexibility index (Phi) is 11.5. The Bertz CT molecular complexity index is 1660. The largest absolute Gasteiger partial charge is 0.489 e. The van der Waals surface area contributed by atoms with Gasteiger partial charge in [0.05, 0.1) is 5.92 Å². The molecule has 1 saturated heterocycles. The van der Waals surface area contributed by atoms with E-state index >= 15 is 4.39 Å². The van der Waals surface area contributed by atoms with Gasteiger partial charge >= 0.3 is 0 Å². The molecule has 2 atom stereocenters. The molecule has 8 heteroatoms. The van der Waals surface area contributed by atoms with Gasteiger partial charge in [-0.3, -0.25) is 4.79 Å². The van der Waals surface area contributed by atoms with Gasteiger partial charge in [0, 0.05) is 50.9 Å². The number of benzene rings is 4. The van der Waals surface area contributed by atoms with Crippen LogP contribution in [0.2, 0.25) is 10.0 Å². The lowest BCUT2D eigenvalue weighted by molar-refractivity contribution is -0.122. The van der Waals surface area contributed by atoms with Gasteiger partial charge in [0.2, 0.25) is 5.91 Å². The highest BCUT2D eigenvalue weighted by Gasteiger charge is 2.37. The summed E-state index contributed by atoms with van der Waals surface area (Å²) in [6.45, 7) is 11.6. The minimum atomic E-state index is -0.531. The van der Waals surface area contributed by atoms with Crippen molar-refractivity contribution in [2.24, 2.45) is 0 Å². The summed E-state index contributed by atoms with van der Waals surface area (Å²) in [6.07, 6.45) is 2.56. The van der Waals surface area contributed by atoms with Crippen molar-refractivity contribution >= 4 is 29.1 Å². The molecule has 0 spiro atoms. The second kappa shape index (κ2) is 15.4. The average molecular weight is 691 g/mol. The lowest BCUT2D eigenvalue weighted by Gasteiger charge is -2.47.